The Morgan fingerprint density at radius 3 is 2.90 bits per heavy atom. The highest BCUT2D eigenvalue weighted by Gasteiger charge is 2.14. The number of nitrogens with zero attached hydrogens (tertiary/aromatic N) is 4. The van der Waals surface area contributed by atoms with Gasteiger partial charge in [-0.3, -0.25) is 14.2 Å². The number of carbonyl (C=O) groups excluding carboxylic acids is 1. The van der Waals surface area contributed by atoms with Gasteiger partial charge in [0.25, 0.3) is 11.5 Å². The zero-order valence-electron chi connectivity index (χ0n) is 16.6. The van der Waals surface area contributed by atoms with Crippen LogP contribution >= 0.6 is 0 Å². The Labute approximate surface area is 169 Å². The van der Waals surface area contributed by atoms with Crippen molar-refractivity contribution in [1.29, 1.82) is 0 Å². The maximum atomic E-state index is 12.9. The molecule has 0 radical (unpaired) electrons. The fourth-order valence-electron chi connectivity index (χ4n) is 3.88. The molecule has 0 spiro atoms. The van der Waals surface area contributed by atoms with Crippen LogP contribution < -0.4 is 10.9 Å². The van der Waals surface area contributed by atoms with E-state index >= 15 is 0 Å². The number of nitrogens with one attached hydrogen (secondary N) is 1. The number of hydrogen-bond donors (Lipinski definition) is 1. The standard InChI is InChI=1S/C22H27N5O2/c28-21(24-10-4-6-12-26-14-11-23-16-26)17-8-9-18-19(15-17)25-20-7-3-1-2-5-13-27(20)22(18)29/h8-9,11,14-16H,1-7,10,12-13H2,(H,24,28). The maximum Gasteiger partial charge on any atom is 0.261 e. The van der Waals surface area contributed by atoms with Gasteiger partial charge in [0.2, 0.25) is 0 Å². The number of imidazole rings is 1. The summed E-state index contributed by atoms with van der Waals surface area (Å²) in [7, 11) is 0. The summed E-state index contributed by atoms with van der Waals surface area (Å²) < 4.78 is 3.85. The monoisotopic (exact) mass is 393 g/mol. The highest BCUT2D eigenvalue weighted by atomic mass is 16.1. The van der Waals surface area contributed by atoms with Crippen molar-refractivity contribution in [2.75, 3.05) is 6.54 Å². The SMILES string of the molecule is O=C(NCCCCn1ccnc1)c1ccc2c(=O)n3c(nc2c1)CCCCCC3. The number of amides is 1. The molecule has 7 nitrogen and oxygen atoms in total. The molecule has 152 valence electrons. The molecule has 0 saturated heterocycles. The zero-order valence-corrected chi connectivity index (χ0v) is 16.6. The van der Waals surface area contributed by atoms with Crippen LogP contribution in [0.2, 0.25) is 0 Å². The van der Waals surface area contributed by atoms with Crippen LogP contribution in [-0.2, 0) is 19.5 Å². The Bertz CT molecular complexity index is 1040. The molecule has 0 fully saturated rings. The van der Waals surface area contributed by atoms with Gasteiger partial charge in [0.15, 0.2) is 0 Å². The Balaban J connectivity index is 1.43. The molecule has 1 aliphatic heterocycles. The van der Waals surface area contributed by atoms with E-state index in [1.165, 1.54) is 6.42 Å². The van der Waals surface area contributed by atoms with Gasteiger partial charge in [-0.25, -0.2) is 9.97 Å². The molecular weight excluding hydrogens is 366 g/mol. The number of fused-ring (bicyclic) bond motifs is 2. The molecule has 4 rings (SSSR count). The van der Waals surface area contributed by atoms with E-state index in [0.29, 0.717) is 23.0 Å². The number of aromatic nitrogens is 4. The average molecular weight is 393 g/mol. The minimum Gasteiger partial charge on any atom is -0.352 e. The van der Waals surface area contributed by atoms with Gasteiger partial charge < -0.3 is 9.88 Å². The summed E-state index contributed by atoms with van der Waals surface area (Å²) in [6.45, 7) is 2.25. The van der Waals surface area contributed by atoms with Crippen molar-refractivity contribution in [2.45, 2.75) is 58.0 Å². The summed E-state index contributed by atoms with van der Waals surface area (Å²) in [6.07, 6.45) is 12.6. The van der Waals surface area contributed by atoms with Gasteiger partial charge in [-0.15, -0.1) is 0 Å². The van der Waals surface area contributed by atoms with Gasteiger partial charge in [0.1, 0.15) is 5.82 Å². The second kappa shape index (κ2) is 9.03. The number of rotatable bonds is 6. The second-order valence-corrected chi connectivity index (χ2v) is 7.64. The van der Waals surface area contributed by atoms with Gasteiger partial charge in [0.05, 0.1) is 17.2 Å². The summed E-state index contributed by atoms with van der Waals surface area (Å²) in [6, 6.07) is 5.21. The molecule has 0 bridgehead atoms. The fourth-order valence-corrected chi connectivity index (χ4v) is 3.88. The number of hydrogen-bond acceptors (Lipinski definition) is 4. The van der Waals surface area contributed by atoms with E-state index < -0.39 is 0 Å². The molecule has 1 aromatic carbocycles. The van der Waals surface area contributed by atoms with E-state index in [4.69, 9.17) is 4.98 Å². The highest BCUT2D eigenvalue weighted by molar-refractivity contribution is 5.97. The highest BCUT2D eigenvalue weighted by Crippen LogP contribution is 2.16. The van der Waals surface area contributed by atoms with Gasteiger partial charge in [-0.05, 0) is 43.9 Å². The third-order valence-corrected chi connectivity index (χ3v) is 5.52. The summed E-state index contributed by atoms with van der Waals surface area (Å²) in [5.74, 6) is 0.724. The largest absolute Gasteiger partial charge is 0.352 e. The minimum atomic E-state index is -0.122. The van der Waals surface area contributed by atoms with Gasteiger partial charge in [0, 0.05) is 44.0 Å². The van der Waals surface area contributed by atoms with Crippen molar-refractivity contribution in [1.82, 2.24) is 24.4 Å². The lowest BCUT2D eigenvalue weighted by Crippen LogP contribution is -2.27. The molecular formula is C22H27N5O2. The van der Waals surface area contributed by atoms with Crippen LogP contribution in [0.5, 0.6) is 0 Å². The molecule has 0 saturated carbocycles. The van der Waals surface area contributed by atoms with Crippen molar-refractivity contribution >= 4 is 16.8 Å². The first-order valence-electron chi connectivity index (χ1n) is 10.5. The molecule has 3 heterocycles. The quantitative estimate of drug-likeness (QED) is 0.653. The molecule has 1 N–H and O–H groups in total. The van der Waals surface area contributed by atoms with Crippen LogP contribution in [0.25, 0.3) is 10.9 Å². The van der Waals surface area contributed by atoms with Crippen LogP contribution in [0.15, 0.2) is 41.7 Å². The number of benzene rings is 1. The van der Waals surface area contributed by atoms with Crippen LogP contribution in [-0.4, -0.2) is 31.6 Å². The molecule has 0 aliphatic carbocycles. The van der Waals surface area contributed by atoms with E-state index in [1.54, 1.807) is 30.7 Å². The smallest absolute Gasteiger partial charge is 0.261 e. The summed E-state index contributed by atoms with van der Waals surface area (Å²) in [4.78, 5) is 34.1. The lowest BCUT2D eigenvalue weighted by atomic mass is 10.1. The fraction of sp³-hybridized carbons (Fsp3) is 0.455. The minimum absolute atomic E-state index is 0.0124. The molecule has 7 heteroatoms. The van der Waals surface area contributed by atoms with Crippen LogP contribution in [0.1, 0.15) is 54.7 Å². The first-order chi connectivity index (χ1) is 14.2. The molecule has 0 atom stereocenters. The van der Waals surface area contributed by atoms with E-state index in [0.717, 1.165) is 57.4 Å². The van der Waals surface area contributed by atoms with Crippen molar-refractivity contribution in [3.8, 4) is 0 Å². The summed E-state index contributed by atoms with van der Waals surface area (Å²) in [5.41, 5.74) is 1.18. The van der Waals surface area contributed by atoms with E-state index in [9.17, 15) is 9.59 Å². The van der Waals surface area contributed by atoms with Crippen molar-refractivity contribution in [3.63, 3.8) is 0 Å². The van der Waals surface area contributed by atoms with E-state index in [1.807, 2.05) is 15.3 Å². The van der Waals surface area contributed by atoms with Crippen LogP contribution in [0, 0.1) is 0 Å². The Morgan fingerprint density at radius 2 is 2.03 bits per heavy atom. The maximum absolute atomic E-state index is 12.9. The Hall–Kier alpha value is -2.96. The number of aryl methyl sites for hydroxylation is 2. The molecule has 2 aromatic heterocycles. The Kier molecular flexibility index (Phi) is 6.03. The lowest BCUT2D eigenvalue weighted by Gasteiger charge is -2.16. The zero-order chi connectivity index (χ0) is 20.1. The first kappa shape index (κ1) is 19.4. The van der Waals surface area contributed by atoms with Gasteiger partial charge in [-0.2, -0.15) is 0 Å². The van der Waals surface area contributed by atoms with E-state index in [2.05, 4.69) is 10.3 Å². The molecule has 3 aromatic rings. The van der Waals surface area contributed by atoms with Gasteiger partial charge in [-0.1, -0.05) is 12.8 Å². The van der Waals surface area contributed by atoms with Crippen LogP contribution in [0.3, 0.4) is 0 Å². The Morgan fingerprint density at radius 1 is 1.14 bits per heavy atom. The van der Waals surface area contributed by atoms with E-state index in [-0.39, 0.29) is 11.5 Å². The molecule has 1 amide bonds. The topological polar surface area (TPSA) is 81.8 Å². The van der Waals surface area contributed by atoms with Gasteiger partial charge >= 0.3 is 0 Å². The van der Waals surface area contributed by atoms with Crippen LogP contribution in [0.4, 0.5) is 0 Å². The van der Waals surface area contributed by atoms with Crippen molar-refractivity contribution in [2.24, 2.45) is 0 Å². The third kappa shape index (κ3) is 4.55. The van der Waals surface area contributed by atoms with Crippen molar-refractivity contribution in [3.05, 3.63) is 58.7 Å². The first-order valence-corrected chi connectivity index (χ1v) is 10.5. The number of unbranched alkanes of at least 4 members (excludes halogenated alkanes) is 1. The summed E-state index contributed by atoms with van der Waals surface area (Å²) in [5, 5.41) is 3.55. The lowest BCUT2D eigenvalue weighted by molar-refractivity contribution is 0.0953. The predicted octanol–water partition coefficient (Wildman–Crippen LogP) is 2.92. The second-order valence-electron chi connectivity index (χ2n) is 7.64. The molecule has 1 aliphatic rings. The molecule has 29 heavy (non-hydrogen) atoms. The average Bonchev–Trinajstić information content (AvgIpc) is 3.22. The third-order valence-electron chi connectivity index (χ3n) is 5.52. The molecule has 0 unspecified atom stereocenters. The number of carbonyl (C=O) groups is 1. The summed E-state index contributed by atoms with van der Waals surface area (Å²) >= 11 is 0. The predicted molar refractivity (Wildman–Crippen MR) is 112 cm³/mol. The van der Waals surface area contributed by atoms with Crippen molar-refractivity contribution < 1.29 is 4.79 Å². The normalized spacial score (nSPS) is 14.2.